The Labute approximate surface area is 150 Å². The van der Waals surface area contributed by atoms with E-state index in [1.54, 1.807) is 0 Å². The van der Waals surface area contributed by atoms with Crippen LogP contribution in [-0.2, 0) is 5.41 Å². The van der Waals surface area contributed by atoms with Crippen molar-refractivity contribution in [1.82, 2.24) is 10.6 Å². The fourth-order valence-electron chi connectivity index (χ4n) is 2.70. The molecule has 0 aliphatic heterocycles. The molecule has 0 aromatic heterocycles. The Hall–Kier alpha value is -0.490. The van der Waals surface area contributed by atoms with Gasteiger partial charge in [-0.1, -0.05) is 30.2 Å². The van der Waals surface area contributed by atoms with Crippen LogP contribution in [0.3, 0.4) is 0 Å². The van der Waals surface area contributed by atoms with E-state index in [1.807, 2.05) is 19.2 Å². The smallest absolute Gasteiger partial charge is 0.191 e. The normalized spacial score (nSPS) is 16.9. The van der Waals surface area contributed by atoms with Gasteiger partial charge in [-0.15, -0.1) is 24.0 Å². The molecule has 1 aliphatic rings. The largest absolute Gasteiger partial charge is 0.356 e. The molecule has 1 saturated carbocycles. The summed E-state index contributed by atoms with van der Waals surface area (Å²) in [7, 11) is 1.81. The van der Waals surface area contributed by atoms with Crippen LogP contribution in [0, 0.1) is 0 Å². The summed E-state index contributed by atoms with van der Waals surface area (Å²) in [6.45, 7) is 5.15. The highest BCUT2D eigenvalue weighted by molar-refractivity contribution is 14.0. The van der Waals surface area contributed by atoms with E-state index in [0.717, 1.165) is 17.5 Å². The Morgan fingerprint density at radius 1 is 1.29 bits per heavy atom. The van der Waals surface area contributed by atoms with E-state index in [-0.39, 0.29) is 29.4 Å². The highest BCUT2D eigenvalue weighted by Crippen LogP contribution is 2.43. The zero-order chi connectivity index (χ0) is 14.6. The maximum Gasteiger partial charge on any atom is 0.191 e. The van der Waals surface area contributed by atoms with Gasteiger partial charge in [0.15, 0.2) is 5.96 Å². The molecule has 0 bridgehead atoms. The molecule has 2 N–H and O–H groups in total. The molecule has 1 aromatic rings. The molecule has 118 valence electrons. The van der Waals surface area contributed by atoms with Gasteiger partial charge in [-0.2, -0.15) is 0 Å². The van der Waals surface area contributed by atoms with Gasteiger partial charge >= 0.3 is 0 Å². The molecule has 0 unspecified atom stereocenters. The summed E-state index contributed by atoms with van der Waals surface area (Å²) in [6, 6.07) is 8.66. The molecule has 0 spiro atoms. The van der Waals surface area contributed by atoms with E-state index in [2.05, 4.69) is 41.6 Å². The monoisotopic (exact) mass is 421 g/mol. The van der Waals surface area contributed by atoms with Crippen LogP contribution in [0.25, 0.3) is 0 Å². The molecule has 0 radical (unpaired) electrons. The molecule has 0 atom stereocenters. The van der Waals surface area contributed by atoms with Crippen molar-refractivity contribution >= 4 is 41.5 Å². The predicted molar refractivity (Wildman–Crippen MR) is 102 cm³/mol. The number of nitrogens with one attached hydrogen (secondary N) is 2. The Morgan fingerprint density at radius 2 is 1.90 bits per heavy atom. The standard InChI is InChI=1S/C16H24ClN3.HI/c1-12(2)20-15(18-3)19-11-16(9-4-10-16)13-5-7-14(17)8-6-13;/h5-8,12H,4,9-11H2,1-3H3,(H2,18,19,20);1H. The molecule has 5 heteroatoms. The number of hydrogen-bond donors (Lipinski definition) is 2. The lowest BCUT2D eigenvalue weighted by atomic mass is 9.64. The third-order valence-electron chi connectivity index (χ3n) is 4.01. The van der Waals surface area contributed by atoms with Crippen LogP contribution in [0.5, 0.6) is 0 Å². The van der Waals surface area contributed by atoms with Crippen LogP contribution in [-0.4, -0.2) is 25.6 Å². The zero-order valence-electron chi connectivity index (χ0n) is 12.9. The number of halogens is 2. The van der Waals surface area contributed by atoms with Gasteiger partial charge in [0.05, 0.1) is 0 Å². The minimum atomic E-state index is 0. The number of benzene rings is 1. The van der Waals surface area contributed by atoms with Crippen LogP contribution in [0.1, 0.15) is 38.7 Å². The second-order valence-electron chi connectivity index (χ2n) is 5.87. The fourth-order valence-corrected chi connectivity index (χ4v) is 2.82. The average Bonchev–Trinajstić information content (AvgIpc) is 2.37. The number of aliphatic imine (C=N–C) groups is 1. The average molecular weight is 422 g/mol. The Kier molecular flexibility index (Phi) is 7.27. The molecule has 1 aromatic carbocycles. The highest BCUT2D eigenvalue weighted by atomic mass is 127. The van der Waals surface area contributed by atoms with Gasteiger partial charge in [-0.05, 0) is 44.4 Å². The van der Waals surface area contributed by atoms with Gasteiger partial charge in [0.2, 0.25) is 0 Å². The van der Waals surface area contributed by atoms with Crippen molar-refractivity contribution in [3.05, 3.63) is 34.9 Å². The van der Waals surface area contributed by atoms with Gasteiger partial charge in [0.1, 0.15) is 0 Å². The van der Waals surface area contributed by atoms with E-state index in [9.17, 15) is 0 Å². The molecular formula is C16H25ClIN3. The minimum Gasteiger partial charge on any atom is -0.356 e. The van der Waals surface area contributed by atoms with Crippen LogP contribution < -0.4 is 10.6 Å². The lowest BCUT2D eigenvalue weighted by Gasteiger charge is -2.43. The molecule has 0 amide bonds. The third-order valence-corrected chi connectivity index (χ3v) is 4.26. The lowest BCUT2D eigenvalue weighted by Crippen LogP contribution is -2.50. The summed E-state index contributed by atoms with van der Waals surface area (Å²) in [5, 5.41) is 7.59. The van der Waals surface area contributed by atoms with Gasteiger partial charge in [-0.3, -0.25) is 4.99 Å². The van der Waals surface area contributed by atoms with E-state index in [0.29, 0.717) is 6.04 Å². The number of nitrogens with zero attached hydrogens (tertiary/aromatic N) is 1. The Morgan fingerprint density at radius 3 is 2.33 bits per heavy atom. The second kappa shape index (κ2) is 8.22. The molecule has 1 aliphatic carbocycles. The summed E-state index contributed by atoms with van der Waals surface area (Å²) in [6.07, 6.45) is 3.74. The van der Waals surface area contributed by atoms with E-state index in [1.165, 1.54) is 24.8 Å². The molecular weight excluding hydrogens is 397 g/mol. The lowest BCUT2D eigenvalue weighted by molar-refractivity contribution is 0.243. The van der Waals surface area contributed by atoms with Crippen molar-refractivity contribution in [1.29, 1.82) is 0 Å². The van der Waals surface area contributed by atoms with E-state index >= 15 is 0 Å². The number of hydrogen-bond acceptors (Lipinski definition) is 1. The molecule has 0 saturated heterocycles. The van der Waals surface area contributed by atoms with Crippen LogP contribution in [0.15, 0.2) is 29.3 Å². The quantitative estimate of drug-likeness (QED) is 0.439. The summed E-state index contributed by atoms with van der Waals surface area (Å²) in [5.74, 6) is 0.875. The first-order valence-electron chi connectivity index (χ1n) is 7.29. The van der Waals surface area contributed by atoms with Crippen molar-refractivity contribution in [3.8, 4) is 0 Å². The van der Waals surface area contributed by atoms with E-state index in [4.69, 9.17) is 11.6 Å². The topological polar surface area (TPSA) is 36.4 Å². The Balaban J connectivity index is 0.00000220. The SMILES string of the molecule is CN=C(NCC1(c2ccc(Cl)cc2)CCC1)NC(C)C.I. The molecule has 2 rings (SSSR count). The summed E-state index contributed by atoms with van der Waals surface area (Å²) in [4.78, 5) is 4.27. The fraction of sp³-hybridized carbons (Fsp3) is 0.562. The van der Waals surface area contributed by atoms with Crippen molar-refractivity contribution in [2.75, 3.05) is 13.6 Å². The highest BCUT2D eigenvalue weighted by Gasteiger charge is 2.38. The number of guanidine groups is 1. The number of rotatable bonds is 4. The van der Waals surface area contributed by atoms with Crippen LogP contribution in [0.2, 0.25) is 5.02 Å². The Bertz CT molecular complexity index is 467. The van der Waals surface area contributed by atoms with Gasteiger partial charge < -0.3 is 10.6 Å². The van der Waals surface area contributed by atoms with E-state index < -0.39 is 0 Å². The first-order chi connectivity index (χ1) is 9.55. The molecule has 3 nitrogen and oxygen atoms in total. The zero-order valence-corrected chi connectivity index (χ0v) is 16.0. The van der Waals surface area contributed by atoms with Crippen molar-refractivity contribution in [2.45, 2.75) is 44.6 Å². The molecule has 21 heavy (non-hydrogen) atoms. The minimum absolute atomic E-state index is 0. The van der Waals surface area contributed by atoms with Gasteiger partial charge in [0, 0.05) is 30.1 Å². The first-order valence-corrected chi connectivity index (χ1v) is 7.67. The van der Waals surface area contributed by atoms with Crippen LogP contribution >= 0.6 is 35.6 Å². The second-order valence-corrected chi connectivity index (χ2v) is 6.30. The van der Waals surface area contributed by atoms with Crippen molar-refractivity contribution in [3.63, 3.8) is 0 Å². The molecule has 1 fully saturated rings. The van der Waals surface area contributed by atoms with Gasteiger partial charge in [0.25, 0.3) is 0 Å². The summed E-state index contributed by atoms with van der Waals surface area (Å²) in [5.41, 5.74) is 1.61. The van der Waals surface area contributed by atoms with Crippen molar-refractivity contribution < 1.29 is 0 Å². The van der Waals surface area contributed by atoms with Gasteiger partial charge in [-0.25, -0.2) is 0 Å². The summed E-state index contributed by atoms with van der Waals surface area (Å²) < 4.78 is 0. The summed E-state index contributed by atoms with van der Waals surface area (Å²) >= 11 is 5.99. The molecule has 0 heterocycles. The maximum absolute atomic E-state index is 5.99. The van der Waals surface area contributed by atoms with Crippen LogP contribution in [0.4, 0.5) is 0 Å². The predicted octanol–water partition coefficient (Wildman–Crippen LogP) is 3.95. The van der Waals surface area contributed by atoms with Crippen molar-refractivity contribution in [2.24, 2.45) is 4.99 Å². The maximum atomic E-state index is 5.99. The first kappa shape index (κ1) is 18.6. The third kappa shape index (κ3) is 4.74.